The van der Waals surface area contributed by atoms with E-state index in [1.165, 1.54) is 37.3 Å². The second kappa shape index (κ2) is 10.8. The van der Waals surface area contributed by atoms with Crippen LogP contribution in [0.3, 0.4) is 0 Å². The van der Waals surface area contributed by atoms with Crippen LogP contribution in [0.15, 0.2) is 60.7 Å². The van der Waals surface area contributed by atoms with Gasteiger partial charge in [0.05, 0.1) is 6.04 Å². The Morgan fingerprint density at radius 1 is 0.938 bits per heavy atom. The molecule has 1 N–H and O–H groups in total. The molecule has 2 fully saturated rings. The van der Waals surface area contributed by atoms with Gasteiger partial charge in [0.25, 0.3) is 5.91 Å². The van der Waals surface area contributed by atoms with E-state index in [1.54, 1.807) is 0 Å². The summed E-state index contributed by atoms with van der Waals surface area (Å²) in [4.78, 5) is 27.6. The summed E-state index contributed by atoms with van der Waals surface area (Å²) < 4.78 is 5.74. The maximum absolute atomic E-state index is 13.3. The summed E-state index contributed by atoms with van der Waals surface area (Å²) in [7, 11) is 0. The average molecular weight is 435 g/mol. The summed E-state index contributed by atoms with van der Waals surface area (Å²) in [6, 6.07) is 20.7. The van der Waals surface area contributed by atoms with Gasteiger partial charge >= 0.3 is 5.97 Å². The van der Waals surface area contributed by atoms with Crippen molar-refractivity contribution < 1.29 is 14.3 Å². The summed E-state index contributed by atoms with van der Waals surface area (Å²) in [6.45, 7) is 2.79. The highest BCUT2D eigenvalue weighted by Crippen LogP contribution is 2.34. The predicted octanol–water partition coefficient (Wildman–Crippen LogP) is 4.46. The zero-order valence-corrected chi connectivity index (χ0v) is 18.9. The summed E-state index contributed by atoms with van der Waals surface area (Å²) in [6.07, 6.45) is 5.65. The summed E-state index contributed by atoms with van der Waals surface area (Å²) >= 11 is 0. The van der Waals surface area contributed by atoms with Crippen molar-refractivity contribution in [2.45, 2.75) is 76.7 Å². The second-order valence-corrected chi connectivity index (χ2v) is 9.29. The fourth-order valence-electron chi connectivity index (χ4n) is 4.46. The van der Waals surface area contributed by atoms with Gasteiger partial charge in [-0.05, 0) is 36.3 Å². The molecular formula is C27H34N2O3. The van der Waals surface area contributed by atoms with Crippen LogP contribution in [0, 0.1) is 5.92 Å². The zero-order valence-electron chi connectivity index (χ0n) is 18.9. The lowest BCUT2D eigenvalue weighted by molar-refractivity contribution is -0.159. The number of carbonyl (C=O) groups excluding carboxylic acids is 2. The SMILES string of the molecule is CC(=O)O[C@H](C(=O)NC1CC1)C(CC1CCC1)N(Cc1ccccc1)Cc1ccccc1. The normalized spacial score (nSPS) is 17.9. The molecule has 5 nitrogen and oxygen atoms in total. The summed E-state index contributed by atoms with van der Waals surface area (Å²) in [5.41, 5.74) is 2.37. The van der Waals surface area contributed by atoms with Gasteiger partial charge in [-0.25, -0.2) is 0 Å². The van der Waals surface area contributed by atoms with Crippen molar-refractivity contribution in [2.24, 2.45) is 5.92 Å². The van der Waals surface area contributed by atoms with Crippen molar-refractivity contribution in [3.63, 3.8) is 0 Å². The Morgan fingerprint density at radius 2 is 1.50 bits per heavy atom. The lowest BCUT2D eigenvalue weighted by Crippen LogP contribution is -2.53. The van der Waals surface area contributed by atoms with Crippen LogP contribution >= 0.6 is 0 Å². The van der Waals surface area contributed by atoms with E-state index >= 15 is 0 Å². The molecule has 2 aromatic rings. The molecule has 2 aliphatic carbocycles. The largest absolute Gasteiger partial charge is 0.451 e. The molecule has 1 unspecified atom stereocenters. The van der Waals surface area contributed by atoms with Gasteiger partial charge in [-0.1, -0.05) is 79.9 Å². The number of esters is 1. The number of nitrogens with one attached hydrogen (secondary N) is 1. The van der Waals surface area contributed by atoms with Crippen LogP contribution in [-0.2, 0) is 27.4 Å². The first kappa shape index (κ1) is 22.5. The van der Waals surface area contributed by atoms with Gasteiger partial charge < -0.3 is 10.1 Å². The minimum absolute atomic E-state index is 0.154. The topological polar surface area (TPSA) is 58.6 Å². The molecular weight excluding hydrogens is 400 g/mol. The Kier molecular flexibility index (Phi) is 7.59. The Bertz CT molecular complexity index is 837. The first-order valence-electron chi connectivity index (χ1n) is 11.9. The molecule has 2 atom stereocenters. The monoisotopic (exact) mass is 434 g/mol. The Labute approximate surface area is 191 Å². The van der Waals surface area contributed by atoms with Crippen LogP contribution in [0.1, 0.15) is 56.6 Å². The van der Waals surface area contributed by atoms with E-state index in [0.29, 0.717) is 19.0 Å². The first-order chi connectivity index (χ1) is 15.6. The van der Waals surface area contributed by atoms with Crippen LogP contribution < -0.4 is 5.32 Å². The average Bonchev–Trinajstić information content (AvgIpc) is 3.57. The third kappa shape index (κ3) is 6.42. The van der Waals surface area contributed by atoms with E-state index in [1.807, 2.05) is 36.4 Å². The molecule has 0 bridgehead atoms. The third-order valence-corrected chi connectivity index (χ3v) is 6.55. The van der Waals surface area contributed by atoms with E-state index in [0.717, 1.165) is 19.3 Å². The first-order valence-corrected chi connectivity index (χ1v) is 11.9. The van der Waals surface area contributed by atoms with Crippen LogP contribution in [0.25, 0.3) is 0 Å². The van der Waals surface area contributed by atoms with Gasteiger partial charge in [0.15, 0.2) is 6.10 Å². The summed E-state index contributed by atoms with van der Waals surface area (Å²) in [5.74, 6) is 0.0119. The van der Waals surface area contributed by atoms with Crippen molar-refractivity contribution in [3.8, 4) is 0 Å². The lowest BCUT2D eigenvalue weighted by Gasteiger charge is -2.40. The standard InChI is InChI=1S/C27H34N2O3/c1-20(30)32-26(27(31)28-24-15-16-24)25(17-21-13-8-14-21)29(18-22-9-4-2-5-10-22)19-23-11-6-3-7-12-23/h2-7,9-12,21,24-26H,8,13-19H2,1H3,(H,28,31)/t25?,26-/m0/s1. The molecule has 0 saturated heterocycles. The number of ether oxygens (including phenoxy) is 1. The molecule has 0 heterocycles. The third-order valence-electron chi connectivity index (χ3n) is 6.55. The summed E-state index contributed by atoms with van der Waals surface area (Å²) in [5, 5.41) is 3.09. The molecule has 1 amide bonds. The smallest absolute Gasteiger partial charge is 0.303 e. The van der Waals surface area contributed by atoms with Crippen molar-refractivity contribution in [1.82, 2.24) is 10.2 Å². The molecule has 0 spiro atoms. The van der Waals surface area contributed by atoms with Gasteiger partial charge in [0, 0.05) is 26.1 Å². The minimum Gasteiger partial charge on any atom is -0.451 e. The van der Waals surface area contributed by atoms with Crippen molar-refractivity contribution in [3.05, 3.63) is 71.8 Å². The van der Waals surface area contributed by atoms with Crippen LogP contribution in [-0.4, -0.2) is 35.0 Å². The number of benzene rings is 2. The highest BCUT2D eigenvalue weighted by atomic mass is 16.5. The van der Waals surface area contributed by atoms with E-state index in [9.17, 15) is 9.59 Å². The fourth-order valence-corrected chi connectivity index (χ4v) is 4.46. The van der Waals surface area contributed by atoms with Gasteiger partial charge in [-0.2, -0.15) is 0 Å². The Morgan fingerprint density at radius 3 is 1.94 bits per heavy atom. The van der Waals surface area contributed by atoms with E-state index in [4.69, 9.17) is 4.74 Å². The number of nitrogens with zero attached hydrogens (tertiary/aromatic N) is 1. The number of carbonyl (C=O) groups is 2. The maximum Gasteiger partial charge on any atom is 0.303 e. The molecule has 4 rings (SSSR count). The molecule has 2 saturated carbocycles. The van der Waals surface area contributed by atoms with Crippen LogP contribution in [0.5, 0.6) is 0 Å². The number of hydrogen-bond donors (Lipinski definition) is 1. The predicted molar refractivity (Wildman–Crippen MR) is 125 cm³/mol. The van der Waals surface area contributed by atoms with E-state index < -0.39 is 12.1 Å². The molecule has 5 heteroatoms. The zero-order chi connectivity index (χ0) is 22.3. The number of rotatable bonds is 11. The van der Waals surface area contributed by atoms with Gasteiger partial charge in [0.2, 0.25) is 0 Å². The van der Waals surface area contributed by atoms with E-state index in [2.05, 4.69) is 34.5 Å². The minimum atomic E-state index is -0.805. The maximum atomic E-state index is 13.3. The molecule has 2 aromatic carbocycles. The lowest BCUT2D eigenvalue weighted by atomic mass is 9.79. The molecule has 2 aliphatic rings. The molecule has 32 heavy (non-hydrogen) atoms. The molecule has 0 aromatic heterocycles. The number of hydrogen-bond acceptors (Lipinski definition) is 4. The van der Waals surface area contributed by atoms with E-state index in [-0.39, 0.29) is 18.0 Å². The Balaban J connectivity index is 1.64. The quantitative estimate of drug-likeness (QED) is 0.531. The number of amides is 1. The Hall–Kier alpha value is -2.66. The highest BCUT2D eigenvalue weighted by molar-refractivity contribution is 5.84. The van der Waals surface area contributed by atoms with Crippen molar-refractivity contribution >= 4 is 11.9 Å². The van der Waals surface area contributed by atoms with Crippen molar-refractivity contribution in [2.75, 3.05) is 0 Å². The van der Waals surface area contributed by atoms with Crippen LogP contribution in [0.4, 0.5) is 0 Å². The van der Waals surface area contributed by atoms with Gasteiger partial charge in [-0.3, -0.25) is 14.5 Å². The molecule has 0 radical (unpaired) electrons. The molecule has 170 valence electrons. The second-order valence-electron chi connectivity index (χ2n) is 9.29. The molecule has 0 aliphatic heterocycles. The highest BCUT2D eigenvalue weighted by Gasteiger charge is 2.40. The fraction of sp³-hybridized carbons (Fsp3) is 0.481. The van der Waals surface area contributed by atoms with Gasteiger partial charge in [-0.15, -0.1) is 0 Å². The van der Waals surface area contributed by atoms with Crippen LogP contribution in [0.2, 0.25) is 0 Å². The van der Waals surface area contributed by atoms with Gasteiger partial charge in [0.1, 0.15) is 0 Å². The van der Waals surface area contributed by atoms with Crippen molar-refractivity contribution in [1.29, 1.82) is 0 Å².